The molecule has 0 unspecified atom stereocenters. The zero-order valence-electron chi connectivity index (χ0n) is 16.2. The lowest BCUT2D eigenvalue weighted by Gasteiger charge is -2.11. The number of rotatable bonds is 4. The second kappa shape index (κ2) is 7.52. The Bertz CT molecular complexity index is 1210. The van der Waals surface area contributed by atoms with Gasteiger partial charge in [0.25, 0.3) is 5.91 Å². The Labute approximate surface area is 172 Å². The first-order chi connectivity index (χ1) is 13.9. The number of benzene rings is 2. The summed E-state index contributed by atoms with van der Waals surface area (Å²) in [6, 6.07) is 16.8. The van der Waals surface area contributed by atoms with Crippen LogP contribution in [0.2, 0.25) is 5.02 Å². The molecule has 0 spiro atoms. The Hall–Kier alpha value is -3.45. The Morgan fingerprint density at radius 2 is 1.76 bits per heavy atom. The van der Waals surface area contributed by atoms with Gasteiger partial charge in [0.05, 0.1) is 11.3 Å². The van der Waals surface area contributed by atoms with Gasteiger partial charge in [0.15, 0.2) is 5.82 Å². The Morgan fingerprint density at radius 3 is 2.48 bits per heavy atom. The maximum Gasteiger partial charge on any atom is 0.257 e. The number of carbonyl (C=O) groups excluding carboxylic acids is 1. The minimum atomic E-state index is -0.183. The predicted octanol–water partition coefficient (Wildman–Crippen LogP) is 4.28. The van der Waals surface area contributed by atoms with Crippen LogP contribution in [0.3, 0.4) is 0 Å². The summed E-state index contributed by atoms with van der Waals surface area (Å²) in [6.07, 6.45) is 0. The summed E-state index contributed by atoms with van der Waals surface area (Å²) in [5.74, 6) is 0.482. The van der Waals surface area contributed by atoms with E-state index in [-0.39, 0.29) is 5.91 Å². The molecule has 0 bridgehead atoms. The van der Waals surface area contributed by atoms with Crippen LogP contribution in [0, 0.1) is 20.8 Å². The van der Waals surface area contributed by atoms with Crippen molar-refractivity contribution in [1.29, 1.82) is 0 Å². The van der Waals surface area contributed by atoms with Gasteiger partial charge in [-0.15, -0.1) is 5.10 Å². The van der Waals surface area contributed by atoms with Crippen LogP contribution in [0.25, 0.3) is 11.4 Å². The number of nitrogens with one attached hydrogen (secondary N) is 1. The SMILES string of the molecule is Cc1nnnn1-c1cccc(NC(=O)c2cc(C)n(-c3cccc(Cl)c3)c2C)c1. The maximum atomic E-state index is 13.0. The van der Waals surface area contributed by atoms with Crippen molar-refractivity contribution in [2.45, 2.75) is 20.8 Å². The molecule has 0 aliphatic heterocycles. The van der Waals surface area contributed by atoms with Crippen LogP contribution in [-0.2, 0) is 0 Å². The molecule has 0 radical (unpaired) electrons. The van der Waals surface area contributed by atoms with Gasteiger partial charge in [-0.1, -0.05) is 23.7 Å². The fraction of sp³-hybridized carbons (Fsp3) is 0.143. The van der Waals surface area contributed by atoms with E-state index in [9.17, 15) is 4.79 Å². The monoisotopic (exact) mass is 406 g/mol. The summed E-state index contributed by atoms with van der Waals surface area (Å²) in [4.78, 5) is 13.0. The van der Waals surface area contributed by atoms with Crippen molar-refractivity contribution >= 4 is 23.2 Å². The van der Waals surface area contributed by atoms with Crippen molar-refractivity contribution in [3.63, 3.8) is 0 Å². The Kier molecular flexibility index (Phi) is 4.90. The van der Waals surface area contributed by atoms with Crippen molar-refractivity contribution in [2.24, 2.45) is 0 Å². The molecule has 7 nitrogen and oxygen atoms in total. The van der Waals surface area contributed by atoms with Crippen molar-refractivity contribution in [1.82, 2.24) is 24.8 Å². The summed E-state index contributed by atoms with van der Waals surface area (Å²) in [5, 5.41) is 15.1. The number of amides is 1. The summed E-state index contributed by atoms with van der Waals surface area (Å²) in [5.41, 5.74) is 4.75. The third-order valence-corrected chi connectivity index (χ3v) is 4.95. The van der Waals surface area contributed by atoms with Gasteiger partial charge >= 0.3 is 0 Å². The highest BCUT2D eigenvalue weighted by Gasteiger charge is 2.17. The first-order valence-corrected chi connectivity index (χ1v) is 9.43. The average Bonchev–Trinajstić information content (AvgIpc) is 3.24. The van der Waals surface area contributed by atoms with Gasteiger partial charge in [0.2, 0.25) is 0 Å². The second-order valence-corrected chi connectivity index (χ2v) is 7.18. The predicted molar refractivity (Wildman–Crippen MR) is 112 cm³/mol. The van der Waals surface area contributed by atoms with E-state index in [1.54, 1.807) is 4.68 Å². The third kappa shape index (κ3) is 3.64. The van der Waals surface area contributed by atoms with Crippen molar-refractivity contribution in [3.05, 3.63) is 82.4 Å². The lowest BCUT2D eigenvalue weighted by Crippen LogP contribution is -2.13. The number of nitrogens with zero attached hydrogens (tertiary/aromatic N) is 5. The van der Waals surface area contributed by atoms with E-state index in [0.717, 1.165) is 22.8 Å². The van der Waals surface area contributed by atoms with Crippen LogP contribution in [0.1, 0.15) is 27.6 Å². The number of hydrogen-bond acceptors (Lipinski definition) is 4. The molecule has 0 atom stereocenters. The van der Waals surface area contributed by atoms with Gasteiger partial charge in [-0.2, -0.15) is 4.68 Å². The topological polar surface area (TPSA) is 77.6 Å². The van der Waals surface area contributed by atoms with Crippen LogP contribution in [0.15, 0.2) is 54.6 Å². The van der Waals surface area contributed by atoms with Crippen LogP contribution in [0.4, 0.5) is 5.69 Å². The minimum absolute atomic E-state index is 0.183. The third-order valence-electron chi connectivity index (χ3n) is 4.72. The number of halogens is 1. The molecule has 8 heteroatoms. The molecular formula is C21H19ClN6O. The van der Waals surface area contributed by atoms with Crippen LogP contribution < -0.4 is 5.32 Å². The van der Waals surface area contributed by atoms with Crippen LogP contribution in [0.5, 0.6) is 0 Å². The summed E-state index contributed by atoms with van der Waals surface area (Å²) < 4.78 is 3.63. The van der Waals surface area contributed by atoms with Gasteiger partial charge in [0, 0.05) is 27.8 Å². The normalized spacial score (nSPS) is 10.9. The first kappa shape index (κ1) is 18.9. The zero-order chi connectivity index (χ0) is 20.5. The molecular weight excluding hydrogens is 388 g/mol. The fourth-order valence-electron chi connectivity index (χ4n) is 3.39. The summed E-state index contributed by atoms with van der Waals surface area (Å²) in [6.45, 7) is 5.70. The summed E-state index contributed by atoms with van der Waals surface area (Å²) >= 11 is 6.14. The zero-order valence-corrected chi connectivity index (χ0v) is 17.0. The standard InChI is InChI=1S/C21H19ClN6O/c1-13-10-20(14(2)27(13)18-8-4-6-16(22)11-18)21(29)23-17-7-5-9-19(12-17)28-15(3)24-25-26-28/h4-12H,1-3H3,(H,23,29). The van der Waals surface area contributed by atoms with Gasteiger partial charge in [0.1, 0.15) is 0 Å². The van der Waals surface area contributed by atoms with Crippen molar-refractivity contribution in [2.75, 3.05) is 5.32 Å². The minimum Gasteiger partial charge on any atom is -0.322 e. The number of aromatic nitrogens is 5. The van der Waals surface area contributed by atoms with E-state index in [0.29, 0.717) is 22.1 Å². The van der Waals surface area contributed by atoms with Gasteiger partial charge < -0.3 is 9.88 Å². The quantitative estimate of drug-likeness (QED) is 0.548. The van der Waals surface area contributed by atoms with Crippen molar-refractivity contribution < 1.29 is 4.79 Å². The van der Waals surface area contributed by atoms with E-state index in [2.05, 4.69) is 20.8 Å². The molecule has 1 amide bonds. The Morgan fingerprint density at radius 1 is 1.00 bits per heavy atom. The number of carbonyl (C=O) groups is 1. The molecule has 2 aromatic carbocycles. The molecule has 2 heterocycles. The van der Waals surface area contributed by atoms with Crippen LogP contribution >= 0.6 is 11.6 Å². The van der Waals surface area contributed by atoms with E-state index in [1.807, 2.05) is 79.9 Å². The van der Waals surface area contributed by atoms with Gasteiger partial charge in [-0.25, -0.2) is 0 Å². The molecule has 0 saturated carbocycles. The Balaban J connectivity index is 1.63. The maximum absolute atomic E-state index is 13.0. The highest BCUT2D eigenvalue weighted by molar-refractivity contribution is 6.30. The number of anilines is 1. The summed E-state index contributed by atoms with van der Waals surface area (Å²) in [7, 11) is 0. The second-order valence-electron chi connectivity index (χ2n) is 6.74. The molecule has 0 aliphatic rings. The lowest BCUT2D eigenvalue weighted by molar-refractivity contribution is 0.102. The molecule has 0 saturated heterocycles. The van der Waals surface area contributed by atoms with E-state index < -0.39 is 0 Å². The number of tetrazole rings is 1. The highest BCUT2D eigenvalue weighted by atomic mass is 35.5. The molecule has 146 valence electrons. The van der Waals surface area contributed by atoms with E-state index in [1.165, 1.54) is 0 Å². The van der Waals surface area contributed by atoms with E-state index in [4.69, 9.17) is 11.6 Å². The van der Waals surface area contributed by atoms with E-state index >= 15 is 0 Å². The van der Waals surface area contributed by atoms with Crippen molar-refractivity contribution in [3.8, 4) is 11.4 Å². The largest absolute Gasteiger partial charge is 0.322 e. The molecule has 29 heavy (non-hydrogen) atoms. The molecule has 2 aromatic heterocycles. The number of aryl methyl sites for hydroxylation is 2. The average molecular weight is 407 g/mol. The highest BCUT2D eigenvalue weighted by Crippen LogP contribution is 2.24. The first-order valence-electron chi connectivity index (χ1n) is 9.05. The molecule has 0 fully saturated rings. The molecule has 4 aromatic rings. The molecule has 0 aliphatic carbocycles. The fourth-order valence-corrected chi connectivity index (χ4v) is 3.57. The van der Waals surface area contributed by atoms with Crippen LogP contribution in [-0.4, -0.2) is 30.7 Å². The number of hydrogen-bond donors (Lipinski definition) is 1. The molecule has 4 rings (SSSR count). The van der Waals surface area contributed by atoms with Gasteiger partial charge in [-0.05, 0) is 73.7 Å². The van der Waals surface area contributed by atoms with Gasteiger partial charge in [-0.3, -0.25) is 4.79 Å². The lowest BCUT2D eigenvalue weighted by atomic mass is 10.2. The smallest absolute Gasteiger partial charge is 0.257 e. The molecule has 1 N–H and O–H groups in total.